The molecule has 9 heteroatoms. The molecule has 3 aliphatic carbocycles. The Kier molecular flexibility index (Phi) is 24.5. The van der Waals surface area contributed by atoms with E-state index in [9.17, 15) is 4.39 Å². The quantitative estimate of drug-likeness (QED) is 0.189. The van der Waals surface area contributed by atoms with Crippen LogP contribution in [0.4, 0.5) is 4.39 Å². The highest BCUT2D eigenvalue weighted by molar-refractivity contribution is 5.07. The van der Waals surface area contributed by atoms with Gasteiger partial charge in [-0.3, -0.25) is 19.6 Å². The Labute approximate surface area is 436 Å². The van der Waals surface area contributed by atoms with Gasteiger partial charge in [-0.15, -0.1) is 0 Å². The summed E-state index contributed by atoms with van der Waals surface area (Å²) in [4.78, 5) is 15.5. The van der Waals surface area contributed by atoms with Gasteiger partial charge < -0.3 is 20.4 Å². The molecule has 414 valence electrons. The van der Waals surface area contributed by atoms with Crippen LogP contribution in [0.3, 0.4) is 0 Å². The zero-order valence-corrected chi connectivity index (χ0v) is 50.6. The van der Waals surface area contributed by atoms with Crippen LogP contribution in [-0.4, -0.2) is 173 Å². The molecule has 8 rings (SSSR count). The lowest BCUT2D eigenvalue weighted by atomic mass is 9.48. The minimum Gasteiger partial charge on any atom is -0.312 e. The highest BCUT2D eigenvalue weighted by Crippen LogP contribution is 2.60. The molecule has 0 aromatic heterocycles. The van der Waals surface area contributed by atoms with Gasteiger partial charge in [0, 0.05) is 125 Å². The maximum atomic E-state index is 14.2. The Morgan fingerprint density at radius 3 is 1.37 bits per heavy atom. The normalized spacial score (nSPS) is 32.9. The second-order valence-electron chi connectivity index (χ2n) is 28.2. The minimum absolute atomic E-state index is 0.477. The van der Waals surface area contributed by atoms with Crippen LogP contribution in [-0.2, 0) is 0 Å². The van der Waals surface area contributed by atoms with Crippen molar-refractivity contribution in [1.82, 2.24) is 40.0 Å². The number of likely N-dealkylation sites (tertiary alicyclic amines) is 4. The molecule has 8 nitrogen and oxygen atoms in total. The summed E-state index contributed by atoms with van der Waals surface area (Å²) in [7, 11) is 0. The zero-order chi connectivity index (χ0) is 52.5. The van der Waals surface area contributed by atoms with Crippen molar-refractivity contribution >= 4 is 0 Å². The van der Waals surface area contributed by atoms with Crippen molar-refractivity contribution in [1.29, 1.82) is 0 Å². The fourth-order valence-electron chi connectivity index (χ4n) is 14.5. The molecule has 0 aromatic rings. The van der Waals surface area contributed by atoms with E-state index in [1.165, 1.54) is 104 Å². The van der Waals surface area contributed by atoms with E-state index < -0.39 is 5.67 Å². The first-order valence-corrected chi connectivity index (χ1v) is 30.2. The Morgan fingerprint density at radius 2 is 0.957 bits per heavy atom. The van der Waals surface area contributed by atoms with E-state index in [0.717, 1.165) is 97.8 Å². The maximum Gasteiger partial charge on any atom is 0.113 e. The average Bonchev–Trinajstić information content (AvgIpc) is 3.94. The van der Waals surface area contributed by atoms with Crippen LogP contribution < -0.4 is 10.6 Å². The van der Waals surface area contributed by atoms with Gasteiger partial charge in [0.15, 0.2) is 0 Å². The summed E-state index contributed by atoms with van der Waals surface area (Å²) in [6.07, 6.45) is 13.8. The molecule has 2 spiro atoms. The van der Waals surface area contributed by atoms with Crippen LogP contribution in [0.5, 0.6) is 0 Å². The molecule has 0 aromatic carbocycles. The van der Waals surface area contributed by atoms with Crippen molar-refractivity contribution in [3.8, 4) is 0 Å². The monoisotopic (exact) mass is 987 g/mol. The van der Waals surface area contributed by atoms with Crippen LogP contribution in [0.25, 0.3) is 0 Å². The number of piperazine rings is 1. The van der Waals surface area contributed by atoms with Gasteiger partial charge in [-0.05, 0) is 208 Å². The van der Waals surface area contributed by atoms with E-state index in [1.807, 2.05) is 0 Å². The van der Waals surface area contributed by atoms with E-state index in [0.29, 0.717) is 41.5 Å². The number of fused-ring (bicyclic) bond motifs is 1. The van der Waals surface area contributed by atoms with Crippen LogP contribution in [0, 0.1) is 34.5 Å². The summed E-state index contributed by atoms with van der Waals surface area (Å²) in [6.45, 7) is 60.0. The number of piperidine rings is 1. The molecule has 3 unspecified atom stereocenters. The molecule has 70 heavy (non-hydrogen) atoms. The molecule has 5 aliphatic heterocycles. The Bertz CT molecular complexity index is 1430. The fourth-order valence-corrected chi connectivity index (χ4v) is 14.5. The number of hydrogen-bond donors (Lipinski definition) is 2. The van der Waals surface area contributed by atoms with E-state index in [4.69, 9.17) is 0 Å². The molecule has 0 radical (unpaired) electrons. The lowest BCUT2D eigenvalue weighted by Crippen LogP contribution is -2.56. The molecular weight excluding hydrogens is 864 g/mol. The highest BCUT2D eigenvalue weighted by atomic mass is 19.1. The van der Waals surface area contributed by atoms with Gasteiger partial charge in [-0.25, -0.2) is 4.39 Å². The zero-order valence-electron chi connectivity index (χ0n) is 50.6. The van der Waals surface area contributed by atoms with E-state index >= 15 is 0 Å². The molecule has 2 N–H and O–H groups in total. The van der Waals surface area contributed by atoms with Crippen molar-refractivity contribution in [2.24, 2.45) is 34.5 Å². The van der Waals surface area contributed by atoms with Crippen LogP contribution >= 0.6 is 0 Å². The Balaban J connectivity index is 0.000000190. The molecular formula is C61H123FN8. The number of halogens is 1. The Morgan fingerprint density at radius 1 is 0.471 bits per heavy atom. The summed E-state index contributed by atoms with van der Waals surface area (Å²) in [6, 6.07) is 8.70. The molecule has 3 saturated carbocycles. The van der Waals surface area contributed by atoms with Gasteiger partial charge in [0.1, 0.15) is 5.67 Å². The fraction of sp³-hybridized carbons (Fsp3) is 1.00. The van der Waals surface area contributed by atoms with Crippen molar-refractivity contribution in [2.45, 2.75) is 294 Å². The molecule has 8 aliphatic rings. The average molecular weight is 988 g/mol. The second-order valence-corrected chi connectivity index (χ2v) is 28.2. The summed E-state index contributed by atoms with van der Waals surface area (Å²) in [5.41, 5.74) is 0.609. The molecule has 0 amide bonds. The predicted molar refractivity (Wildman–Crippen MR) is 304 cm³/mol. The van der Waals surface area contributed by atoms with Gasteiger partial charge in [-0.1, -0.05) is 55.4 Å². The van der Waals surface area contributed by atoms with Gasteiger partial charge in [0.25, 0.3) is 0 Å². The van der Waals surface area contributed by atoms with Crippen LogP contribution in [0.1, 0.15) is 216 Å². The number of nitrogens with zero attached hydrogens (tertiary/aromatic N) is 6. The number of alkyl halides is 1. The Hall–Kier alpha value is -0.390. The minimum atomic E-state index is -0.875. The lowest BCUT2D eigenvalue weighted by Gasteiger charge is -2.59. The molecule has 5 saturated heterocycles. The van der Waals surface area contributed by atoms with Gasteiger partial charge in [0.05, 0.1) is 0 Å². The largest absolute Gasteiger partial charge is 0.312 e. The van der Waals surface area contributed by atoms with Crippen molar-refractivity contribution in [2.75, 3.05) is 65.4 Å². The SMILES string of the molecule is CC(C)CC1(F)CCN(C(C)C)CC1.CC(C)N1CC2CCN(C(C)C)C2C1.CC(C)N1CCN(C(C)C)C(C)C1.CC(C)NC1CC2(C1)CC(C(C)C)C2.CC(C)NC1CC2(CCN(C(C)C)C2)C1. The number of nitrogens with one attached hydrogen (secondary N) is 2. The predicted octanol–water partition coefficient (Wildman–Crippen LogP) is 12.3. The van der Waals surface area contributed by atoms with Crippen molar-refractivity contribution in [3.63, 3.8) is 0 Å². The summed E-state index contributed by atoms with van der Waals surface area (Å²) < 4.78 is 14.2. The second kappa shape index (κ2) is 27.6. The van der Waals surface area contributed by atoms with Gasteiger partial charge >= 0.3 is 0 Å². The highest BCUT2D eigenvalue weighted by Gasteiger charge is 2.53. The standard InChI is InChI=1S/C13H26N2.C13H25N.C12H24FN.C12H24N2.C11H24N2/c1-10(2)14-12-7-13(8-12)5-6-15(9-13)11(3)4;1-9(2)11-5-13(6-11)7-12(8-13)14-10(3)4;1-10(2)9-12(13)5-7-14(8-6-12)11(3)4;1-9(2)13-7-11-5-6-14(10(3)4)12(11)8-13;1-9(2)12-6-7-13(10(3)4)11(5)8-12/h10-12,14H,5-9H2,1-4H3;9-12,14H,5-8H2,1-4H3;10-11H,5-9H2,1-4H3;9-12H,5-8H2,1-4H3;9-11H,6-8H2,1-5H3. The summed E-state index contributed by atoms with van der Waals surface area (Å²) in [5, 5.41) is 7.30. The van der Waals surface area contributed by atoms with Crippen LogP contribution in [0.2, 0.25) is 0 Å². The summed E-state index contributed by atoms with van der Waals surface area (Å²) >= 11 is 0. The summed E-state index contributed by atoms with van der Waals surface area (Å²) in [5.74, 6) is 3.39. The van der Waals surface area contributed by atoms with Crippen molar-refractivity contribution in [3.05, 3.63) is 0 Å². The smallest absolute Gasteiger partial charge is 0.113 e. The lowest BCUT2D eigenvalue weighted by molar-refractivity contribution is -0.0669. The third-order valence-electron chi connectivity index (χ3n) is 18.7. The topological polar surface area (TPSA) is 43.5 Å². The van der Waals surface area contributed by atoms with E-state index in [2.05, 4.69) is 185 Å². The van der Waals surface area contributed by atoms with Gasteiger partial charge in [-0.2, -0.15) is 0 Å². The number of hydrogen-bond acceptors (Lipinski definition) is 8. The third kappa shape index (κ3) is 18.4. The number of rotatable bonds is 13. The molecule has 3 atom stereocenters. The molecule has 0 bridgehead atoms. The maximum absolute atomic E-state index is 14.2. The molecule has 5 heterocycles. The van der Waals surface area contributed by atoms with E-state index in [-0.39, 0.29) is 0 Å². The van der Waals surface area contributed by atoms with Gasteiger partial charge in [0.2, 0.25) is 0 Å². The third-order valence-corrected chi connectivity index (χ3v) is 18.7. The van der Waals surface area contributed by atoms with Crippen molar-refractivity contribution < 1.29 is 4.39 Å². The first-order chi connectivity index (χ1) is 32.6. The van der Waals surface area contributed by atoms with E-state index in [1.54, 1.807) is 0 Å². The molecule has 8 fully saturated rings. The van der Waals surface area contributed by atoms with Crippen LogP contribution in [0.15, 0.2) is 0 Å². The first-order valence-electron chi connectivity index (χ1n) is 30.2. The first kappa shape index (κ1) is 62.2.